The first kappa shape index (κ1) is 12.5. The Kier molecular flexibility index (Phi) is 3.06. The smallest absolute Gasteiger partial charge is 0.227 e. The summed E-state index contributed by atoms with van der Waals surface area (Å²) >= 11 is 0. The van der Waals surface area contributed by atoms with E-state index in [1.165, 1.54) is 0 Å². The molecule has 1 amide bonds. The number of carbonyl (C=O) groups excluding carboxylic acids is 1. The molecule has 1 aliphatic heterocycles. The lowest BCUT2D eigenvalue weighted by Crippen LogP contribution is -2.31. The molecule has 3 rings (SSSR count). The average molecular weight is 269 g/mol. The molecule has 6 nitrogen and oxygen atoms in total. The van der Waals surface area contributed by atoms with Crippen LogP contribution in [-0.2, 0) is 11.2 Å². The third kappa shape index (κ3) is 2.09. The van der Waals surface area contributed by atoms with E-state index in [0.717, 1.165) is 23.2 Å². The Morgan fingerprint density at radius 2 is 2.15 bits per heavy atom. The summed E-state index contributed by atoms with van der Waals surface area (Å²) in [5, 5.41) is 10.9. The molecule has 1 N–H and O–H groups in total. The van der Waals surface area contributed by atoms with Gasteiger partial charge >= 0.3 is 0 Å². The normalized spacial score (nSPS) is 14.1. The number of hydrogen-bond donors (Lipinski definition) is 1. The molecule has 20 heavy (non-hydrogen) atoms. The van der Waals surface area contributed by atoms with Crippen molar-refractivity contribution in [3.8, 4) is 11.4 Å². The van der Waals surface area contributed by atoms with E-state index in [1.807, 2.05) is 18.2 Å². The Labute approximate surface area is 116 Å². The summed E-state index contributed by atoms with van der Waals surface area (Å²) in [5.41, 5.74) is 3.02. The third-order valence-corrected chi connectivity index (χ3v) is 3.50. The number of benzene rings is 1. The largest absolute Gasteiger partial charge is 0.372 e. The number of carbonyl (C=O) groups is 1. The second kappa shape index (κ2) is 4.88. The lowest BCUT2D eigenvalue weighted by molar-refractivity contribution is -0.118. The minimum absolute atomic E-state index is 0.153. The van der Waals surface area contributed by atoms with Crippen molar-refractivity contribution in [2.45, 2.75) is 12.8 Å². The Hall–Kier alpha value is -2.50. The summed E-state index contributed by atoms with van der Waals surface area (Å²) in [6, 6.07) is 5.90. The quantitative estimate of drug-likeness (QED) is 0.894. The maximum absolute atomic E-state index is 11.7. The first-order valence-electron chi connectivity index (χ1n) is 6.46. The Balaban J connectivity index is 2.02. The molecular weight excluding hydrogens is 254 g/mol. The van der Waals surface area contributed by atoms with E-state index in [9.17, 15) is 4.79 Å². The number of anilines is 2. The predicted octanol–water partition coefficient (Wildman–Crippen LogP) is 1.49. The van der Waals surface area contributed by atoms with E-state index in [-0.39, 0.29) is 5.91 Å². The van der Waals surface area contributed by atoms with Gasteiger partial charge in [0.2, 0.25) is 5.91 Å². The number of rotatable bonds is 2. The highest BCUT2D eigenvalue weighted by atomic mass is 16.2. The van der Waals surface area contributed by atoms with Crippen LogP contribution in [0.2, 0.25) is 0 Å². The molecule has 1 aliphatic rings. The fourth-order valence-electron chi connectivity index (χ4n) is 2.34. The molecule has 0 saturated heterocycles. The Morgan fingerprint density at radius 3 is 2.95 bits per heavy atom. The second-order valence-electron chi connectivity index (χ2n) is 4.71. The van der Waals surface area contributed by atoms with Crippen molar-refractivity contribution in [1.82, 2.24) is 15.2 Å². The summed E-state index contributed by atoms with van der Waals surface area (Å²) in [6.07, 6.45) is 2.88. The molecule has 1 aromatic carbocycles. The highest BCUT2D eigenvalue weighted by molar-refractivity contribution is 5.96. The Morgan fingerprint density at radius 1 is 1.30 bits per heavy atom. The zero-order chi connectivity index (χ0) is 14.1. The molecule has 0 bridgehead atoms. The van der Waals surface area contributed by atoms with E-state index < -0.39 is 0 Å². The number of aromatic nitrogens is 3. The van der Waals surface area contributed by atoms with E-state index in [2.05, 4.69) is 20.5 Å². The van der Waals surface area contributed by atoms with Crippen molar-refractivity contribution < 1.29 is 4.79 Å². The molecule has 1 aromatic heterocycles. The van der Waals surface area contributed by atoms with Crippen molar-refractivity contribution in [3.05, 3.63) is 30.0 Å². The van der Waals surface area contributed by atoms with Gasteiger partial charge in [-0.05, 0) is 30.2 Å². The van der Waals surface area contributed by atoms with Crippen LogP contribution in [0, 0.1) is 0 Å². The lowest BCUT2D eigenvalue weighted by atomic mass is 9.99. The third-order valence-electron chi connectivity index (χ3n) is 3.50. The maximum Gasteiger partial charge on any atom is 0.227 e. The summed E-state index contributed by atoms with van der Waals surface area (Å²) in [7, 11) is 3.60. The van der Waals surface area contributed by atoms with Crippen molar-refractivity contribution in [1.29, 1.82) is 0 Å². The summed E-state index contributed by atoms with van der Waals surface area (Å²) in [5.74, 6) is 1.42. The van der Waals surface area contributed by atoms with Gasteiger partial charge in [-0.15, -0.1) is 5.10 Å². The van der Waals surface area contributed by atoms with Gasteiger partial charge in [0.25, 0.3) is 0 Å². The monoisotopic (exact) mass is 269 g/mol. The molecule has 0 saturated carbocycles. The van der Waals surface area contributed by atoms with Crippen LogP contribution < -0.4 is 10.2 Å². The molecule has 0 spiro atoms. The molecule has 6 heteroatoms. The van der Waals surface area contributed by atoms with Crippen LogP contribution in [0.4, 0.5) is 11.5 Å². The molecule has 0 unspecified atom stereocenters. The van der Waals surface area contributed by atoms with Gasteiger partial charge in [-0.1, -0.05) is 0 Å². The number of nitrogens with one attached hydrogen (secondary N) is 1. The molecule has 0 atom stereocenters. The van der Waals surface area contributed by atoms with Gasteiger partial charge in [0.15, 0.2) is 5.82 Å². The van der Waals surface area contributed by atoms with Gasteiger partial charge in [0, 0.05) is 31.8 Å². The van der Waals surface area contributed by atoms with Crippen molar-refractivity contribution >= 4 is 17.4 Å². The van der Waals surface area contributed by atoms with Crippen molar-refractivity contribution in [2.75, 3.05) is 24.3 Å². The van der Waals surface area contributed by atoms with Gasteiger partial charge in [0.1, 0.15) is 5.82 Å². The van der Waals surface area contributed by atoms with E-state index in [0.29, 0.717) is 18.1 Å². The minimum atomic E-state index is 0.153. The fraction of sp³-hybridized carbons (Fsp3) is 0.286. The molecule has 2 heterocycles. The van der Waals surface area contributed by atoms with Crippen molar-refractivity contribution in [2.24, 2.45) is 0 Å². The first-order chi connectivity index (χ1) is 9.69. The molecule has 2 aromatic rings. The van der Waals surface area contributed by atoms with Gasteiger partial charge in [-0.25, -0.2) is 4.98 Å². The number of fused-ring (bicyclic) bond motifs is 1. The van der Waals surface area contributed by atoms with Crippen LogP contribution >= 0.6 is 0 Å². The van der Waals surface area contributed by atoms with Crippen molar-refractivity contribution in [3.63, 3.8) is 0 Å². The first-order valence-corrected chi connectivity index (χ1v) is 6.46. The maximum atomic E-state index is 11.7. The van der Waals surface area contributed by atoms with Crippen LogP contribution in [0.15, 0.2) is 24.4 Å². The van der Waals surface area contributed by atoms with Gasteiger partial charge in [-0.2, -0.15) is 5.10 Å². The molecule has 0 aliphatic carbocycles. The lowest BCUT2D eigenvalue weighted by Gasteiger charge is -2.25. The molecular formula is C14H15N5O. The van der Waals surface area contributed by atoms with E-state index >= 15 is 0 Å². The predicted molar refractivity (Wildman–Crippen MR) is 76.5 cm³/mol. The van der Waals surface area contributed by atoms with Gasteiger partial charge in [0.05, 0.1) is 6.20 Å². The SMILES string of the molecule is CNc1cnnc(-c2ccc3c(c2)CCC(=O)N3C)n1. The number of hydrogen-bond acceptors (Lipinski definition) is 5. The van der Waals surface area contributed by atoms with Crippen LogP contribution in [-0.4, -0.2) is 35.2 Å². The minimum Gasteiger partial charge on any atom is -0.372 e. The number of nitrogens with zero attached hydrogens (tertiary/aromatic N) is 4. The van der Waals surface area contributed by atoms with E-state index in [4.69, 9.17) is 0 Å². The molecule has 0 fully saturated rings. The fourth-order valence-corrected chi connectivity index (χ4v) is 2.34. The summed E-state index contributed by atoms with van der Waals surface area (Å²) < 4.78 is 0. The van der Waals surface area contributed by atoms with Crippen LogP contribution in [0.25, 0.3) is 11.4 Å². The van der Waals surface area contributed by atoms with Crippen LogP contribution in [0.3, 0.4) is 0 Å². The highest BCUT2D eigenvalue weighted by Gasteiger charge is 2.21. The zero-order valence-corrected chi connectivity index (χ0v) is 11.4. The topological polar surface area (TPSA) is 71.0 Å². The van der Waals surface area contributed by atoms with Crippen LogP contribution in [0.1, 0.15) is 12.0 Å². The number of amides is 1. The standard InChI is InChI=1S/C14H15N5O/c1-15-12-8-16-18-14(17-12)10-3-5-11-9(7-10)4-6-13(20)19(11)2/h3,5,7-8H,4,6H2,1-2H3,(H,15,17,18). The second-order valence-corrected chi connectivity index (χ2v) is 4.71. The van der Waals surface area contributed by atoms with E-state index in [1.54, 1.807) is 25.2 Å². The van der Waals surface area contributed by atoms with Gasteiger partial charge < -0.3 is 10.2 Å². The summed E-state index contributed by atoms with van der Waals surface area (Å²) in [6.45, 7) is 0. The summed E-state index contributed by atoms with van der Waals surface area (Å²) in [4.78, 5) is 17.8. The highest BCUT2D eigenvalue weighted by Crippen LogP contribution is 2.30. The average Bonchev–Trinajstić information content (AvgIpc) is 2.51. The molecule has 102 valence electrons. The Bertz CT molecular complexity index is 670. The van der Waals surface area contributed by atoms with Crippen LogP contribution in [0.5, 0.6) is 0 Å². The van der Waals surface area contributed by atoms with Gasteiger partial charge in [-0.3, -0.25) is 4.79 Å². The molecule has 0 radical (unpaired) electrons. The zero-order valence-electron chi connectivity index (χ0n) is 11.4. The number of aryl methyl sites for hydroxylation is 1.